The van der Waals surface area contributed by atoms with Gasteiger partial charge in [0.25, 0.3) is 0 Å². The van der Waals surface area contributed by atoms with Crippen LogP contribution in [0.1, 0.15) is 92.9 Å². The van der Waals surface area contributed by atoms with Crippen molar-refractivity contribution in [1.82, 2.24) is 0 Å². The number of oxime groups is 1. The van der Waals surface area contributed by atoms with Gasteiger partial charge in [-0.15, -0.1) is 0 Å². The zero-order valence-electron chi connectivity index (χ0n) is 20.4. The minimum atomic E-state index is -0.0436. The maximum Gasteiger partial charge on any atom is 0.0632 e. The van der Waals surface area contributed by atoms with Crippen LogP contribution in [0.5, 0.6) is 0 Å². The summed E-state index contributed by atoms with van der Waals surface area (Å²) in [7, 11) is 0. The fourth-order valence-electron chi connectivity index (χ4n) is 7.84. The number of fused-ring (bicyclic) bond motifs is 3. The van der Waals surface area contributed by atoms with Crippen LogP contribution in [0.3, 0.4) is 0 Å². The van der Waals surface area contributed by atoms with E-state index >= 15 is 0 Å². The van der Waals surface area contributed by atoms with E-state index in [4.69, 9.17) is 0 Å². The largest absolute Gasteiger partial charge is 0.411 e. The first-order valence-electron chi connectivity index (χ1n) is 12.7. The van der Waals surface area contributed by atoms with Gasteiger partial charge in [-0.1, -0.05) is 58.9 Å². The second kappa shape index (κ2) is 9.35. The molecule has 0 unspecified atom stereocenters. The number of aliphatic hydroxyl groups is 1. The van der Waals surface area contributed by atoms with Crippen molar-refractivity contribution in [2.75, 3.05) is 6.61 Å². The van der Waals surface area contributed by atoms with Gasteiger partial charge >= 0.3 is 0 Å². The summed E-state index contributed by atoms with van der Waals surface area (Å²) in [5.74, 6) is 4.94. The topological polar surface area (TPSA) is 52.8 Å². The molecule has 3 saturated carbocycles. The van der Waals surface area contributed by atoms with Crippen LogP contribution in [0.4, 0.5) is 0 Å². The predicted octanol–water partition coefficient (Wildman–Crippen LogP) is 6.93. The lowest BCUT2D eigenvalue weighted by atomic mass is 9.47. The first-order chi connectivity index (χ1) is 14.2. The molecule has 8 atom stereocenters. The summed E-state index contributed by atoms with van der Waals surface area (Å²) >= 11 is 0. The van der Waals surface area contributed by atoms with Crippen molar-refractivity contribution in [2.24, 2.45) is 57.4 Å². The van der Waals surface area contributed by atoms with E-state index in [2.05, 4.69) is 58.9 Å². The Morgan fingerprint density at radius 1 is 1.03 bits per heavy atom. The molecular formula is C27H47NO2. The molecule has 172 valence electrons. The molecule has 3 aliphatic carbocycles. The third kappa shape index (κ3) is 4.12. The van der Waals surface area contributed by atoms with Gasteiger partial charge in [0.2, 0.25) is 0 Å². The molecule has 0 amide bonds. The fourth-order valence-corrected chi connectivity index (χ4v) is 7.84. The van der Waals surface area contributed by atoms with Crippen LogP contribution in [-0.2, 0) is 0 Å². The van der Waals surface area contributed by atoms with Gasteiger partial charge in [-0.2, -0.15) is 0 Å². The number of aliphatic hydroxyl groups excluding tert-OH is 1. The third-order valence-electron chi connectivity index (χ3n) is 10.1. The minimum absolute atomic E-state index is 0.0436. The zero-order valence-corrected chi connectivity index (χ0v) is 20.4. The molecule has 0 heterocycles. The summed E-state index contributed by atoms with van der Waals surface area (Å²) in [6.07, 6.45) is 14.1. The van der Waals surface area contributed by atoms with E-state index < -0.39 is 0 Å². The smallest absolute Gasteiger partial charge is 0.0632 e. The molecule has 0 aromatic heterocycles. The van der Waals surface area contributed by atoms with Gasteiger partial charge in [-0.25, -0.2) is 0 Å². The molecule has 0 aromatic carbocycles. The molecule has 2 N–H and O–H groups in total. The van der Waals surface area contributed by atoms with Gasteiger partial charge < -0.3 is 10.3 Å². The molecule has 0 spiro atoms. The van der Waals surface area contributed by atoms with E-state index in [1.54, 1.807) is 0 Å². The lowest BCUT2D eigenvalue weighted by Crippen LogP contribution is -2.52. The van der Waals surface area contributed by atoms with Crippen molar-refractivity contribution >= 4 is 5.71 Å². The van der Waals surface area contributed by atoms with Gasteiger partial charge in [0.05, 0.1) is 5.71 Å². The molecule has 3 rings (SSSR count). The Kier molecular flexibility index (Phi) is 7.42. The third-order valence-corrected chi connectivity index (χ3v) is 10.1. The van der Waals surface area contributed by atoms with Crippen molar-refractivity contribution in [3.63, 3.8) is 0 Å². The van der Waals surface area contributed by atoms with Crippen LogP contribution in [-0.4, -0.2) is 22.6 Å². The van der Waals surface area contributed by atoms with Gasteiger partial charge in [0.15, 0.2) is 0 Å². The Morgan fingerprint density at radius 2 is 1.77 bits per heavy atom. The van der Waals surface area contributed by atoms with Crippen LogP contribution in [0.2, 0.25) is 0 Å². The quantitative estimate of drug-likeness (QED) is 0.268. The highest BCUT2D eigenvalue weighted by Gasteiger charge is 2.59. The van der Waals surface area contributed by atoms with E-state index in [1.807, 2.05) is 0 Å². The van der Waals surface area contributed by atoms with E-state index in [0.717, 1.165) is 42.7 Å². The molecule has 30 heavy (non-hydrogen) atoms. The van der Waals surface area contributed by atoms with Crippen LogP contribution in [0, 0.1) is 52.3 Å². The molecule has 0 bridgehead atoms. The Hall–Kier alpha value is -0.830. The van der Waals surface area contributed by atoms with E-state index in [1.165, 1.54) is 32.1 Å². The number of hydrogen-bond acceptors (Lipinski definition) is 3. The number of rotatable bonds is 7. The van der Waals surface area contributed by atoms with E-state index in [9.17, 15) is 10.3 Å². The first-order valence-corrected chi connectivity index (χ1v) is 12.7. The second-order valence-electron chi connectivity index (χ2n) is 11.8. The monoisotopic (exact) mass is 417 g/mol. The van der Waals surface area contributed by atoms with Crippen LogP contribution in [0.15, 0.2) is 17.3 Å². The average molecular weight is 418 g/mol. The minimum Gasteiger partial charge on any atom is -0.411 e. The molecule has 0 aliphatic heterocycles. The molecule has 0 saturated heterocycles. The van der Waals surface area contributed by atoms with Crippen LogP contribution in [0.25, 0.3) is 0 Å². The summed E-state index contributed by atoms with van der Waals surface area (Å²) in [5.41, 5.74) is 1.39. The van der Waals surface area contributed by atoms with Crippen molar-refractivity contribution in [3.8, 4) is 0 Å². The molecule has 3 aliphatic rings. The van der Waals surface area contributed by atoms with Gasteiger partial charge in [0.1, 0.15) is 0 Å². The molecule has 3 fully saturated rings. The SMILES string of the molecule is CC(C)[C@H](C)/C=C/[C@@H](C)[C@H]1CC[C@H]2[C@@H]3CC/C(=N/O)[C@](C)(CCCO)[C@H]3CC[C@]12C. The van der Waals surface area contributed by atoms with E-state index in [-0.39, 0.29) is 12.0 Å². The highest BCUT2D eigenvalue weighted by Crippen LogP contribution is 2.65. The number of nitrogens with zero attached hydrogens (tertiary/aromatic N) is 1. The predicted molar refractivity (Wildman–Crippen MR) is 126 cm³/mol. The summed E-state index contributed by atoms with van der Waals surface area (Å²) in [5, 5.41) is 23.0. The lowest BCUT2D eigenvalue weighted by molar-refractivity contribution is -0.0418. The van der Waals surface area contributed by atoms with Gasteiger partial charge in [0, 0.05) is 12.0 Å². The van der Waals surface area contributed by atoms with E-state index in [0.29, 0.717) is 29.1 Å². The normalized spacial score (nSPS) is 42.5. The van der Waals surface area contributed by atoms with Crippen molar-refractivity contribution in [3.05, 3.63) is 12.2 Å². The Morgan fingerprint density at radius 3 is 2.40 bits per heavy atom. The van der Waals surface area contributed by atoms with Gasteiger partial charge in [-0.3, -0.25) is 0 Å². The van der Waals surface area contributed by atoms with Crippen LogP contribution < -0.4 is 0 Å². The van der Waals surface area contributed by atoms with Crippen molar-refractivity contribution < 1.29 is 10.3 Å². The first kappa shape index (κ1) is 23.8. The van der Waals surface area contributed by atoms with Crippen molar-refractivity contribution in [1.29, 1.82) is 0 Å². The average Bonchev–Trinajstić information content (AvgIpc) is 3.07. The maximum absolute atomic E-state index is 9.73. The fraction of sp³-hybridized carbons (Fsp3) is 0.889. The highest BCUT2D eigenvalue weighted by atomic mass is 16.4. The summed E-state index contributed by atoms with van der Waals surface area (Å²) in [6.45, 7) is 14.6. The standard InChI is InChI=1S/C27H47NO2/c1-18(2)19(3)8-9-20(4)22-11-12-23-21-10-13-25(28-30)27(6,15-7-17-29)24(21)14-16-26(22,23)5/h8-9,18-24,29-30H,7,10-17H2,1-6H3/b9-8+,28-25-/t19-,20-,21+,22-,23+,24+,26-,27-/m1/s1. The summed E-state index contributed by atoms with van der Waals surface area (Å²) < 4.78 is 0. The number of allylic oxidation sites excluding steroid dienone is 2. The molecule has 3 heteroatoms. The number of hydrogen-bond donors (Lipinski definition) is 2. The maximum atomic E-state index is 9.73. The summed E-state index contributed by atoms with van der Waals surface area (Å²) in [4.78, 5) is 0. The molecule has 0 radical (unpaired) electrons. The Balaban J connectivity index is 1.79. The van der Waals surface area contributed by atoms with Crippen LogP contribution >= 0.6 is 0 Å². The Labute approximate surface area is 185 Å². The molecule has 0 aromatic rings. The Bertz CT molecular complexity index is 641. The lowest BCUT2D eigenvalue weighted by Gasteiger charge is -2.57. The highest BCUT2D eigenvalue weighted by molar-refractivity contribution is 5.90. The zero-order chi connectivity index (χ0) is 22.1. The van der Waals surface area contributed by atoms with Gasteiger partial charge in [-0.05, 0) is 98.2 Å². The van der Waals surface area contributed by atoms with Crippen molar-refractivity contribution in [2.45, 2.75) is 92.9 Å². The molecular weight excluding hydrogens is 370 g/mol. The summed E-state index contributed by atoms with van der Waals surface area (Å²) in [6, 6.07) is 0. The molecule has 3 nitrogen and oxygen atoms in total. The second-order valence-corrected chi connectivity index (χ2v) is 11.8.